The third kappa shape index (κ3) is 6.66. The van der Waals surface area contributed by atoms with E-state index in [2.05, 4.69) is 16.3 Å². The van der Waals surface area contributed by atoms with Crippen molar-refractivity contribution in [3.8, 4) is 0 Å². The number of hydrogen-bond acceptors (Lipinski definition) is 7. The topological polar surface area (TPSA) is 99.6 Å². The standard InChI is InChI=1S/C23H22ClN3O4S.Na/c1-3-26-19-14-17(24)7-10-20(19)32-21(26)11-6-16-4-8-18(9-5-16)27(15(2)23(29)30)13-12-22(28)31-25;/h4-15H,3,25H2,1-2H3;/q;+1/b13-12-;. The van der Waals surface area contributed by atoms with Gasteiger partial charge in [-0.05, 0) is 49.8 Å². The van der Waals surface area contributed by atoms with Crippen LogP contribution in [-0.4, -0.2) is 18.0 Å². The molecule has 0 fully saturated rings. The van der Waals surface area contributed by atoms with Gasteiger partial charge in [-0.3, -0.25) is 0 Å². The van der Waals surface area contributed by atoms with Crippen LogP contribution >= 0.6 is 22.9 Å². The van der Waals surface area contributed by atoms with Gasteiger partial charge in [0, 0.05) is 35.1 Å². The minimum absolute atomic E-state index is 0. The molecule has 0 amide bonds. The third-order valence-electron chi connectivity index (χ3n) is 4.86. The van der Waals surface area contributed by atoms with Crippen LogP contribution in [0.4, 0.5) is 5.69 Å². The van der Waals surface area contributed by atoms with Crippen LogP contribution in [0.25, 0.3) is 22.4 Å². The number of aromatic nitrogens is 1. The van der Waals surface area contributed by atoms with E-state index in [1.54, 1.807) is 23.5 Å². The van der Waals surface area contributed by atoms with Crippen LogP contribution in [0.15, 0.2) is 54.7 Å². The average molecular weight is 495 g/mol. The third-order valence-corrected chi connectivity index (χ3v) is 6.23. The monoisotopic (exact) mass is 494 g/mol. The van der Waals surface area contributed by atoms with Crippen molar-refractivity contribution in [3.05, 3.63) is 70.3 Å². The van der Waals surface area contributed by atoms with E-state index in [9.17, 15) is 14.7 Å². The summed E-state index contributed by atoms with van der Waals surface area (Å²) in [6, 6.07) is 12.1. The molecule has 166 valence electrons. The Bertz CT molecular complexity index is 1190. The Labute approximate surface area is 223 Å². The number of nitrogens with two attached hydrogens (primary N) is 1. The number of carbonyl (C=O) groups excluding carboxylic acids is 2. The van der Waals surface area contributed by atoms with Gasteiger partial charge in [-0.2, -0.15) is 10.5 Å². The second-order valence-electron chi connectivity index (χ2n) is 6.88. The first-order valence-electron chi connectivity index (χ1n) is 9.82. The zero-order valence-electron chi connectivity index (χ0n) is 18.5. The van der Waals surface area contributed by atoms with E-state index in [4.69, 9.17) is 17.5 Å². The van der Waals surface area contributed by atoms with Gasteiger partial charge in [0.05, 0.1) is 12.0 Å². The Morgan fingerprint density at radius 2 is 1.94 bits per heavy atom. The van der Waals surface area contributed by atoms with E-state index in [1.807, 2.05) is 42.5 Å². The van der Waals surface area contributed by atoms with Gasteiger partial charge < -0.3 is 19.6 Å². The summed E-state index contributed by atoms with van der Waals surface area (Å²) >= 11 is 7.83. The molecule has 0 saturated heterocycles. The molecule has 10 heteroatoms. The number of anilines is 1. The smallest absolute Gasteiger partial charge is 0.548 e. The maximum Gasteiger partial charge on any atom is 1.00 e. The van der Waals surface area contributed by atoms with Crippen LogP contribution in [0.1, 0.15) is 24.4 Å². The summed E-state index contributed by atoms with van der Waals surface area (Å²) in [5, 5.41) is 13.2. The molecule has 33 heavy (non-hydrogen) atoms. The van der Waals surface area contributed by atoms with Crippen molar-refractivity contribution >= 4 is 62.9 Å². The van der Waals surface area contributed by atoms with E-state index in [0.29, 0.717) is 10.7 Å². The number of aliphatic carboxylic acids is 1. The number of fused-ring (bicyclic) bond motifs is 1. The van der Waals surface area contributed by atoms with Gasteiger partial charge in [0.2, 0.25) is 5.52 Å². The van der Waals surface area contributed by atoms with Gasteiger partial charge in [0.25, 0.3) is 5.01 Å². The van der Waals surface area contributed by atoms with E-state index in [1.165, 1.54) is 18.0 Å². The number of benzene rings is 2. The summed E-state index contributed by atoms with van der Waals surface area (Å²) in [5.41, 5.74) is 2.59. The summed E-state index contributed by atoms with van der Waals surface area (Å²) in [7, 11) is 0. The number of aryl methyl sites for hydroxylation is 1. The molecule has 7 nitrogen and oxygen atoms in total. The first-order chi connectivity index (χ1) is 15.3. The second kappa shape index (κ2) is 12.3. The normalized spacial score (nSPS) is 12.1. The molecule has 0 saturated carbocycles. The van der Waals surface area contributed by atoms with Gasteiger partial charge in [-0.25, -0.2) is 4.79 Å². The molecule has 1 atom stereocenters. The van der Waals surface area contributed by atoms with Crippen molar-refractivity contribution in [1.82, 2.24) is 0 Å². The quantitative estimate of drug-likeness (QED) is 0.203. The summed E-state index contributed by atoms with van der Waals surface area (Å²) in [5.74, 6) is 2.74. The molecule has 0 aliphatic carbocycles. The number of nitrogens with zero attached hydrogens (tertiary/aromatic N) is 2. The number of halogens is 1. The Balaban J connectivity index is 0.00000385. The summed E-state index contributed by atoms with van der Waals surface area (Å²) in [6.07, 6.45) is 6.36. The Hall–Kier alpha value is -2.20. The molecular formula is C23H22ClN3NaO4S+. The van der Waals surface area contributed by atoms with E-state index >= 15 is 0 Å². The van der Waals surface area contributed by atoms with Crippen LogP contribution in [-0.2, 0) is 21.0 Å². The molecule has 1 heterocycles. The molecule has 2 aromatic carbocycles. The zero-order valence-corrected chi connectivity index (χ0v) is 22.1. The first kappa shape index (κ1) is 27.0. The van der Waals surface area contributed by atoms with Crippen molar-refractivity contribution in [2.75, 3.05) is 4.90 Å². The van der Waals surface area contributed by atoms with Gasteiger partial charge in [-0.1, -0.05) is 35.1 Å². The van der Waals surface area contributed by atoms with Gasteiger partial charge in [0.1, 0.15) is 11.2 Å². The minimum atomic E-state index is -1.28. The number of rotatable bonds is 8. The number of thiazole rings is 1. The zero-order chi connectivity index (χ0) is 23.3. The fraction of sp³-hybridized carbons (Fsp3) is 0.174. The molecule has 0 aliphatic heterocycles. The van der Waals surface area contributed by atoms with Crippen LogP contribution < -0.4 is 50.0 Å². The molecule has 1 aromatic heterocycles. The summed E-state index contributed by atoms with van der Waals surface area (Å²) in [4.78, 5) is 28.1. The van der Waals surface area contributed by atoms with Gasteiger partial charge in [-0.15, -0.1) is 0 Å². The molecule has 0 spiro atoms. The van der Waals surface area contributed by atoms with Gasteiger partial charge in [0.15, 0.2) is 0 Å². The number of carboxylic acids is 1. The van der Waals surface area contributed by atoms with Crippen molar-refractivity contribution in [1.29, 1.82) is 0 Å². The Kier molecular flexibility index (Phi) is 10.1. The minimum Gasteiger partial charge on any atom is -0.548 e. The van der Waals surface area contributed by atoms with Crippen LogP contribution in [0.3, 0.4) is 0 Å². The predicted molar refractivity (Wildman–Crippen MR) is 124 cm³/mol. The Morgan fingerprint density at radius 3 is 2.55 bits per heavy atom. The first-order valence-corrected chi connectivity index (χ1v) is 11.0. The largest absolute Gasteiger partial charge is 1.00 e. The number of carboxylic acid groups (broad SMARTS) is 1. The van der Waals surface area contributed by atoms with E-state index < -0.39 is 18.0 Å². The number of hydrogen-bond donors (Lipinski definition) is 1. The van der Waals surface area contributed by atoms with Crippen molar-refractivity contribution < 1.29 is 53.7 Å². The average Bonchev–Trinajstić information content (AvgIpc) is 3.14. The van der Waals surface area contributed by atoms with Gasteiger partial charge >= 0.3 is 35.5 Å². The van der Waals surface area contributed by atoms with Crippen molar-refractivity contribution in [2.45, 2.75) is 26.4 Å². The van der Waals surface area contributed by atoms with Crippen molar-refractivity contribution in [3.63, 3.8) is 0 Å². The second-order valence-corrected chi connectivity index (χ2v) is 8.38. The SMILES string of the molecule is CC[n+]1c(C=Cc2ccc(N(/C=C\C(=O)ON)C(C)C(=O)[O-])cc2)sc2ccc(Cl)cc21.[Na+]. The molecule has 0 radical (unpaired) electrons. The maximum atomic E-state index is 11.4. The maximum absolute atomic E-state index is 11.4. The molecule has 0 aliphatic rings. The molecule has 3 aromatic rings. The fourth-order valence-electron chi connectivity index (χ4n) is 3.18. The molecular weight excluding hydrogens is 473 g/mol. The van der Waals surface area contributed by atoms with E-state index in [0.717, 1.165) is 33.4 Å². The molecule has 1 unspecified atom stereocenters. The summed E-state index contributed by atoms with van der Waals surface area (Å²) < 4.78 is 3.35. The molecule has 2 N–H and O–H groups in total. The van der Waals surface area contributed by atoms with Crippen LogP contribution in [0, 0.1) is 0 Å². The van der Waals surface area contributed by atoms with Crippen LogP contribution in [0.2, 0.25) is 5.02 Å². The Morgan fingerprint density at radius 1 is 1.24 bits per heavy atom. The fourth-order valence-corrected chi connectivity index (χ4v) is 4.46. The number of carbonyl (C=O) groups is 2. The van der Waals surface area contributed by atoms with Crippen molar-refractivity contribution in [2.24, 2.45) is 5.90 Å². The van der Waals surface area contributed by atoms with E-state index in [-0.39, 0.29) is 29.6 Å². The van der Waals surface area contributed by atoms with Crippen LogP contribution in [0.5, 0.6) is 0 Å². The summed E-state index contributed by atoms with van der Waals surface area (Å²) in [6.45, 7) is 4.35. The predicted octanol–water partition coefficient (Wildman–Crippen LogP) is -0.0881. The molecule has 0 bridgehead atoms. The molecule has 3 rings (SSSR count).